The van der Waals surface area contributed by atoms with E-state index in [4.69, 9.17) is 4.74 Å². The zero-order chi connectivity index (χ0) is 21.4. The summed E-state index contributed by atoms with van der Waals surface area (Å²) in [6, 6.07) is 10.9. The number of anilines is 2. The fourth-order valence-electron chi connectivity index (χ4n) is 2.43. The van der Waals surface area contributed by atoms with E-state index in [1.165, 1.54) is 31.4 Å². The lowest BCUT2D eigenvalue weighted by atomic mass is 10.1. The third kappa shape index (κ3) is 6.38. The molecule has 0 fully saturated rings. The molecule has 2 amide bonds. The number of rotatable bonds is 9. The molecule has 0 radical (unpaired) electrons. The van der Waals surface area contributed by atoms with Gasteiger partial charge < -0.3 is 15.4 Å². The number of nitrogens with one attached hydrogen (secondary N) is 3. The molecule has 0 aliphatic carbocycles. The average molecular weight is 420 g/mol. The van der Waals surface area contributed by atoms with Crippen LogP contribution in [0.15, 0.2) is 47.4 Å². The Kier molecular flexibility index (Phi) is 7.89. The highest BCUT2D eigenvalue weighted by molar-refractivity contribution is 7.89. The summed E-state index contributed by atoms with van der Waals surface area (Å²) < 4.78 is 31.6. The summed E-state index contributed by atoms with van der Waals surface area (Å²) in [5.74, 6) is -0.509. The summed E-state index contributed by atoms with van der Waals surface area (Å²) in [6.45, 7) is 4.01. The van der Waals surface area contributed by atoms with Crippen LogP contribution in [0.3, 0.4) is 0 Å². The summed E-state index contributed by atoms with van der Waals surface area (Å²) in [4.78, 5) is 24.2. The highest BCUT2D eigenvalue weighted by Gasteiger charge is 2.15. The van der Waals surface area contributed by atoms with Crippen LogP contribution in [0.25, 0.3) is 0 Å². The Balaban J connectivity index is 2.11. The smallest absolute Gasteiger partial charge is 0.255 e. The van der Waals surface area contributed by atoms with Gasteiger partial charge in [-0.25, -0.2) is 13.1 Å². The number of methoxy groups -OCH3 is 1. The number of hydrogen-bond donors (Lipinski definition) is 3. The molecule has 0 aromatic heterocycles. The van der Waals surface area contributed by atoms with Crippen LogP contribution in [0, 0.1) is 6.92 Å². The van der Waals surface area contributed by atoms with E-state index in [2.05, 4.69) is 15.4 Å². The lowest BCUT2D eigenvalue weighted by Gasteiger charge is -2.12. The van der Waals surface area contributed by atoms with E-state index in [9.17, 15) is 18.0 Å². The van der Waals surface area contributed by atoms with Crippen molar-refractivity contribution >= 4 is 33.2 Å². The first-order valence-corrected chi connectivity index (χ1v) is 10.6. The van der Waals surface area contributed by atoms with Gasteiger partial charge >= 0.3 is 0 Å². The monoisotopic (exact) mass is 419 g/mol. The van der Waals surface area contributed by atoms with Crippen molar-refractivity contribution in [3.63, 3.8) is 0 Å². The van der Waals surface area contributed by atoms with Crippen molar-refractivity contribution in [1.29, 1.82) is 0 Å². The van der Waals surface area contributed by atoms with Gasteiger partial charge in [0.2, 0.25) is 15.9 Å². The minimum absolute atomic E-state index is 0.0607. The highest BCUT2D eigenvalue weighted by Crippen LogP contribution is 2.21. The van der Waals surface area contributed by atoms with Gasteiger partial charge in [0, 0.05) is 37.0 Å². The largest absolute Gasteiger partial charge is 0.383 e. The van der Waals surface area contributed by atoms with Gasteiger partial charge in [0.05, 0.1) is 11.5 Å². The third-order valence-corrected chi connectivity index (χ3v) is 5.59. The maximum Gasteiger partial charge on any atom is 0.255 e. The molecule has 0 aliphatic rings. The van der Waals surface area contributed by atoms with E-state index in [0.717, 1.165) is 5.56 Å². The Bertz CT molecular complexity index is 972. The second-order valence-electron chi connectivity index (χ2n) is 6.30. The molecule has 0 aliphatic heterocycles. The number of aryl methyl sites for hydroxylation is 1. The molecular formula is C20H25N3O5S. The van der Waals surface area contributed by atoms with E-state index >= 15 is 0 Å². The van der Waals surface area contributed by atoms with Crippen LogP contribution in [0.2, 0.25) is 0 Å². The van der Waals surface area contributed by atoms with Crippen molar-refractivity contribution in [2.75, 3.05) is 30.9 Å². The van der Waals surface area contributed by atoms with Gasteiger partial charge in [-0.1, -0.05) is 13.0 Å². The molecule has 2 rings (SSSR count). The number of sulfonamides is 1. The van der Waals surface area contributed by atoms with Gasteiger partial charge in [0.15, 0.2) is 0 Å². The molecule has 8 nitrogen and oxygen atoms in total. The van der Waals surface area contributed by atoms with E-state index in [1.54, 1.807) is 25.1 Å². The summed E-state index contributed by atoms with van der Waals surface area (Å²) in [6.07, 6.45) is 0.352. The van der Waals surface area contributed by atoms with Crippen LogP contribution in [0.1, 0.15) is 29.3 Å². The van der Waals surface area contributed by atoms with Gasteiger partial charge in [0.1, 0.15) is 0 Å². The van der Waals surface area contributed by atoms with E-state index < -0.39 is 10.0 Å². The number of hydrogen-bond acceptors (Lipinski definition) is 5. The Morgan fingerprint density at radius 2 is 1.72 bits per heavy atom. The second-order valence-corrected chi connectivity index (χ2v) is 8.07. The first-order chi connectivity index (χ1) is 13.8. The topological polar surface area (TPSA) is 114 Å². The van der Waals surface area contributed by atoms with E-state index in [0.29, 0.717) is 23.4 Å². The SMILES string of the molecule is CCC(=O)Nc1ccc(C)c(NC(=O)c2ccc(S(=O)(=O)NCCOC)cc2)c1. The molecule has 0 atom stereocenters. The highest BCUT2D eigenvalue weighted by atomic mass is 32.2. The van der Waals surface area contributed by atoms with Gasteiger partial charge in [-0.2, -0.15) is 0 Å². The molecule has 3 N–H and O–H groups in total. The lowest BCUT2D eigenvalue weighted by molar-refractivity contribution is -0.115. The molecule has 2 aromatic carbocycles. The lowest BCUT2D eigenvalue weighted by Crippen LogP contribution is -2.27. The molecule has 0 saturated carbocycles. The number of ether oxygens (including phenoxy) is 1. The molecule has 0 bridgehead atoms. The minimum Gasteiger partial charge on any atom is -0.383 e. The second kappa shape index (κ2) is 10.1. The van der Waals surface area contributed by atoms with Gasteiger partial charge in [-0.15, -0.1) is 0 Å². The molecule has 0 unspecified atom stereocenters. The molecule has 9 heteroatoms. The number of carbonyl (C=O) groups excluding carboxylic acids is 2. The first-order valence-electron chi connectivity index (χ1n) is 9.07. The summed E-state index contributed by atoms with van der Waals surface area (Å²) >= 11 is 0. The molecule has 0 saturated heterocycles. The van der Waals surface area contributed by atoms with Crippen LogP contribution in [0.4, 0.5) is 11.4 Å². The molecule has 156 valence electrons. The number of benzene rings is 2. The van der Waals surface area contributed by atoms with Gasteiger partial charge in [-0.3, -0.25) is 9.59 Å². The molecular weight excluding hydrogens is 394 g/mol. The van der Waals surface area contributed by atoms with Gasteiger partial charge in [-0.05, 0) is 48.9 Å². The molecule has 2 aromatic rings. The zero-order valence-electron chi connectivity index (χ0n) is 16.6. The zero-order valence-corrected chi connectivity index (χ0v) is 17.4. The quantitative estimate of drug-likeness (QED) is 0.541. The number of amides is 2. The minimum atomic E-state index is -3.66. The Morgan fingerprint density at radius 3 is 2.34 bits per heavy atom. The molecule has 29 heavy (non-hydrogen) atoms. The van der Waals surface area contributed by atoms with Crippen molar-refractivity contribution in [3.8, 4) is 0 Å². The Morgan fingerprint density at radius 1 is 1.03 bits per heavy atom. The summed E-state index contributed by atoms with van der Waals surface area (Å²) in [7, 11) is -2.18. The first kappa shape index (κ1) is 22.5. The standard InChI is InChI=1S/C20H25N3O5S/c1-4-19(24)22-16-8-5-14(2)18(13-16)23-20(25)15-6-9-17(10-7-15)29(26,27)21-11-12-28-3/h5-10,13,21H,4,11-12H2,1-3H3,(H,22,24)(H,23,25). The van der Waals surface area contributed by atoms with Crippen LogP contribution in [-0.4, -0.2) is 40.5 Å². The molecule has 0 spiro atoms. The maximum absolute atomic E-state index is 12.5. The predicted molar refractivity (Wildman–Crippen MR) is 112 cm³/mol. The average Bonchev–Trinajstić information content (AvgIpc) is 2.70. The van der Waals surface area contributed by atoms with E-state index in [1.807, 2.05) is 6.92 Å². The summed E-state index contributed by atoms with van der Waals surface area (Å²) in [5.41, 5.74) is 2.28. The van der Waals surface area contributed by atoms with Crippen LogP contribution < -0.4 is 15.4 Å². The fourth-order valence-corrected chi connectivity index (χ4v) is 3.44. The van der Waals surface area contributed by atoms with Crippen molar-refractivity contribution in [3.05, 3.63) is 53.6 Å². The van der Waals surface area contributed by atoms with Crippen LogP contribution >= 0.6 is 0 Å². The normalized spacial score (nSPS) is 11.1. The van der Waals surface area contributed by atoms with Crippen molar-refractivity contribution in [2.45, 2.75) is 25.2 Å². The maximum atomic E-state index is 12.5. The number of carbonyl (C=O) groups is 2. The predicted octanol–water partition coefficient (Wildman–Crippen LogP) is 2.52. The Labute approximate surface area is 170 Å². The fraction of sp³-hybridized carbons (Fsp3) is 0.300. The van der Waals surface area contributed by atoms with Crippen molar-refractivity contribution in [2.24, 2.45) is 0 Å². The van der Waals surface area contributed by atoms with Crippen LogP contribution in [-0.2, 0) is 19.6 Å². The van der Waals surface area contributed by atoms with Crippen LogP contribution in [0.5, 0.6) is 0 Å². The van der Waals surface area contributed by atoms with Crippen molar-refractivity contribution < 1.29 is 22.7 Å². The summed E-state index contributed by atoms with van der Waals surface area (Å²) in [5, 5.41) is 5.53. The van der Waals surface area contributed by atoms with Gasteiger partial charge in [0.25, 0.3) is 5.91 Å². The molecule has 0 heterocycles. The Hall–Kier alpha value is -2.75. The third-order valence-electron chi connectivity index (χ3n) is 4.12. The van der Waals surface area contributed by atoms with E-state index in [-0.39, 0.29) is 29.9 Å². The van der Waals surface area contributed by atoms with Crippen molar-refractivity contribution in [1.82, 2.24) is 4.72 Å².